The summed E-state index contributed by atoms with van der Waals surface area (Å²) in [6.45, 7) is 1.15. The standard InChI is InChI=1S/C19H17FN4O3/c20-15-4-1-12(2-5-15)17-22-23-18(27-17)13-7-9-24(10-8-13)19(26)14-3-6-16(25)21-11-14/h1-6,11,13-14H,7-10H2. The molecule has 2 aromatic rings. The molecule has 0 spiro atoms. The predicted molar refractivity (Wildman–Crippen MR) is 94.4 cm³/mol. The van der Waals surface area contributed by atoms with E-state index in [1.807, 2.05) is 0 Å². The van der Waals surface area contributed by atoms with Gasteiger partial charge in [0.15, 0.2) is 0 Å². The molecule has 0 aliphatic carbocycles. The normalized spacial score (nSPS) is 20.3. The zero-order valence-electron chi connectivity index (χ0n) is 14.4. The Morgan fingerprint density at radius 1 is 1.15 bits per heavy atom. The van der Waals surface area contributed by atoms with Gasteiger partial charge in [0.2, 0.25) is 17.7 Å². The van der Waals surface area contributed by atoms with E-state index < -0.39 is 5.92 Å². The van der Waals surface area contributed by atoms with Crippen molar-refractivity contribution in [3.8, 4) is 11.5 Å². The smallest absolute Gasteiger partial charge is 0.269 e. The van der Waals surface area contributed by atoms with Crippen LogP contribution >= 0.6 is 0 Å². The van der Waals surface area contributed by atoms with E-state index in [0.717, 1.165) is 0 Å². The highest BCUT2D eigenvalue weighted by Crippen LogP contribution is 2.30. The maximum atomic E-state index is 13.0. The van der Waals surface area contributed by atoms with Crippen LogP contribution in [0.15, 0.2) is 45.8 Å². The molecule has 1 aromatic carbocycles. The van der Waals surface area contributed by atoms with Crippen molar-refractivity contribution < 1.29 is 18.4 Å². The number of nitrogens with zero attached hydrogens (tertiary/aromatic N) is 4. The molecule has 3 heterocycles. The van der Waals surface area contributed by atoms with Crippen LogP contribution in [0, 0.1) is 11.7 Å². The van der Waals surface area contributed by atoms with Crippen LogP contribution in [-0.4, -0.2) is 46.2 Å². The maximum absolute atomic E-state index is 13.0. The SMILES string of the molecule is O=C1C=CC(C(=O)N2CCC(c3nnc(-c4ccc(F)cc4)o3)CC2)C=N1. The molecule has 27 heavy (non-hydrogen) atoms. The lowest BCUT2D eigenvalue weighted by molar-refractivity contribution is -0.133. The number of benzene rings is 1. The summed E-state index contributed by atoms with van der Waals surface area (Å²) in [7, 11) is 0. The van der Waals surface area contributed by atoms with Crippen LogP contribution < -0.4 is 0 Å². The minimum atomic E-state index is -0.479. The summed E-state index contributed by atoms with van der Waals surface area (Å²) in [5, 5.41) is 8.17. The first-order valence-electron chi connectivity index (χ1n) is 8.74. The number of piperidine rings is 1. The molecule has 1 fully saturated rings. The third-order valence-electron chi connectivity index (χ3n) is 4.78. The Bertz CT molecular complexity index is 895. The fraction of sp³-hybridized carbons (Fsp3) is 0.316. The summed E-state index contributed by atoms with van der Waals surface area (Å²) < 4.78 is 18.8. The Hall–Kier alpha value is -3.16. The van der Waals surface area contributed by atoms with Gasteiger partial charge in [-0.3, -0.25) is 9.59 Å². The molecule has 2 aliphatic rings. The first-order valence-corrected chi connectivity index (χ1v) is 8.74. The third kappa shape index (κ3) is 3.69. The molecule has 1 atom stereocenters. The van der Waals surface area contributed by atoms with Crippen molar-refractivity contribution >= 4 is 18.0 Å². The van der Waals surface area contributed by atoms with Crippen LogP contribution in [0.2, 0.25) is 0 Å². The van der Waals surface area contributed by atoms with Gasteiger partial charge in [-0.2, -0.15) is 0 Å². The van der Waals surface area contributed by atoms with E-state index in [9.17, 15) is 14.0 Å². The van der Waals surface area contributed by atoms with Crippen molar-refractivity contribution in [2.45, 2.75) is 18.8 Å². The first-order chi connectivity index (χ1) is 13.1. The molecule has 0 bridgehead atoms. The van der Waals surface area contributed by atoms with E-state index in [0.29, 0.717) is 43.3 Å². The van der Waals surface area contributed by atoms with E-state index in [1.165, 1.54) is 24.4 Å². The number of likely N-dealkylation sites (tertiary alicyclic amines) is 1. The Balaban J connectivity index is 1.37. The molecule has 0 saturated carbocycles. The Morgan fingerprint density at radius 2 is 1.89 bits per heavy atom. The van der Waals surface area contributed by atoms with E-state index in [4.69, 9.17) is 4.42 Å². The highest BCUT2D eigenvalue weighted by atomic mass is 19.1. The second kappa shape index (κ2) is 7.22. The van der Waals surface area contributed by atoms with E-state index in [1.54, 1.807) is 23.1 Å². The fourth-order valence-electron chi connectivity index (χ4n) is 3.24. The average Bonchev–Trinajstić information content (AvgIpc) is 3.19. The van der Waals surface area contributed by atoms with Crippen molar-refractivity contribution in [2.24, 2.45) is 10.9 Å². The number of hydrogen-bond acceptors (Lipinski definition) is 5. The van der Waals surface area contributed by atoms with Gasteiger partial charge in [0.1, 0.15) is 5.82 Å². The summed E-state index contributed by atoms with van der Waals surface area (Å²) in [5.41, 5.74) is 0.667. The van der Waals surface area contributed by atoms with Crippen molar-refractivity contribution in [3.63, 3.8) is 0 Å². The molecule has 0 radical (unpaired) electrons. The lowest BCUT2D eigenvalue weighted by Gasteiger charge is -2.32. The van der Waals surface area contributed by atoms with Crippen LogP contribution in [0.5, 0.6) is 0 Å². The minimum Gasteiger partial charge on any atom is -0.420 e. The van der Waals surface area contributed by atoms with Gasteiger partial charge >= 0.3 is 0 Å². The van der Waals surface area contributed by atoms with Crippen LogP contribution in [0.25, 0.3) is 11.5 Å². The number of rotatable bonds is 3. The lowest BCUT2D eigenvalue weighted by Crippen LogP contribution is -2.41. The van der Waals surface area contributed by atoms with Crippen LogP contribution in [0.4, 0.5) is 4.39 Å². The van der Waals surface area contributed by atoms with Crippen molar-refractivity contribution in [1.82, 2.24) is 15.1 Å². The fourth-order valence-corrected chi connectivity index (χ4v) is 3.24. The van der Waals surface area contributed by atoms with Crippen LogP contribution in [0.1, 0.15) is 24.7 Å². The number of amides is 2. The Morgan fingerprint density at radius 3 is 2.56 bits per heavy atom. The molecule has 2 amide bonds. The topological polar surface area (TPSA) is 88.7 Å². The van der Waals surface area contributed by atoms with Gasteiger partial charge in [0.05, 0.1) is 5.92 Å². The van der Waals surface area contributed by atoms with Crippen LogP contribution in [0.3, 0.4) is 0 Å². The van der Waals surface area contributed by atoms with Gasteiger partial charge in [0.25, 0.3) is 5.91 Å². The molecule has 7 nitrogen and oxygen atoms in total. The molecule has 4 rings (SSSR count). The molecule has 0 N–H and O–H groups in total. The highest BCUT2D eigenvalue weighted by Gasteiger charge is 2.30. The Labute approximate surface area is 154 Å². The highest BCUT2D eigenvalue weighted by molar-refractivity contribution is 6.05. The number of aromatic nitrogens is 2. The van der Waals surface area contributed by atoms with Gasteiger partial charge in [-0.25, -0.2) is 9.38 Å². The number of carbonyl (C=O) groups is 2. The summed E-state index contributed by atoms with van der Waals surface area (Å²) in [5.74, 6) is -0.231. The van der Waals surface area contributed by atoms with Gasteiger partial charge < -0.3 is 9.32 Å². The van der Waals surface area contributed by atoms with E-state index in [2.05, 4.69) is 15.2 Å². The summed E-state index contributed by atoms with van der Waals surface area (Å²) in [6.07, 6.45) is 5.72. The zero-order chi connectivity index (χ0) is 18.8. The maximum Gasteiger partial charge on any atom is 0.269 e. The summed E-state index contributed by atoms with van der Waals surface area (Å²) >= 11 is 0. The first kappa shape index (κ1) is 17.3. The predicted octanol–water partition coefficient (Wildman–Crippen LogP) is 2.37. The molecular weight excluding hydrogens is 351 g/mol. The zero-order valence-corrected chi connectivity index (χ0v) is 14.4. The van der Waals surface area contributed by atoms with Crippen molar-refractivity contribution in [3.05, 3.63) is 48.1 Å². The molecule has 1 unspecified atom stereocenters. The molecule has 8 heteroatoms. The second-order valence-electron chi connectivity index (χ2n) is 6.55. The number of hydrogen-bond donors (Lipinski definition) is 0. The average molecular weight is 368 g/mol. The number of halogens is 1. The lowest BCUT2D eigenvalue weighted by atomic mass is 9.95. The van der Waals surface area contributed by atoms with Gasteiger partial charge in [0, 0.05) is 36.9 Å². The van der Waals surface area contributed by atoms with E-state index >= 15 is 0 Å². The molecule has 138 valence electrons. The number of aliphatic imine (C=N–C) groups is 1. The molecule has 1 saturated heterocycles. The quantitative estimate of drug-likeness (QED) is 0.830. The summed E-state index contributed by atoms with van der Waals surface area (Å²) in [6, 6.07) is 5.88. The Kier molecular flexibility index (Phi) is 4.62. The monoisotopic (exact) mass is 368 g/mol. The van der Waals surface area contributed by atoms with Gasteiger partial charge in [-0.15, -0.1) is 10.2 Å². The number of dihydropyridines is 1. The van der Waals surface area contributed by atoms with Gasteiger partial charge in [-0.1, -0.05) is 6.08 Å². The van der Waals surface area contributed by atoms with Crippen LogP contribution in [-0.2, 0) is 9.59 Å². The van der Waals surface area contributed by atoms with Crippen molar-refractivity contribution in [1.29, 1.82) is 0 Å². The number of carbonyl (C=O) groups excluding carboxylic acids is 2. The van der Waals surface area contributed by atoms with Gasteiger partial charge in [-0.05, 0) is 37.1 Å². The second-order valence-corrected chi connectivity index (χ2v) is 6.55. The van der Waals surface area contributed by atoms with E-state index in [-0.39, 0.29) is 23.5 Å². The minimum absolute atomic E-state index is 0.0570. The third-order valence-corrected chi connectivity index (χ3v) is 4.78. The summed E-state index contributed by atoms with van der Waals surface area (Å²) in [4.78, 5) is 29.0. The molecular formula is C19H17FN4O3. The molecule has 2 aliphatic heterocycles. The molecule has 1 aromatic heterocycles. The largest absolute Gasteiger partial charge is 0.420 e. The van der Waals surface area contributed by atoms with Crippen molar-refractivity contribution in [2.75, 3.05) is 13.1 Å².